The van der Waals surface area contributed by atoms with Crippen LogP contribution >= 0.6 is 0 Å². The highest BCUT2D eigenvalue weighted by atomic mass is 15.4. The summed E-state index contributed by atoms with van der Waals surface area (Å²) in [6.45, 7) is 4.30. The molecule has 0 fully saturated rings. The standard InChI is InChI=1S/C13H19N5/c1-2-7-18-13(10-16-17-18)15-9-12-6-4-3-5-11(12)8-14/h3-6,10,15H,2,7-9,14H2,1H3. The fourth-order valence-electron chi connectivity index (χ4n) is 1.89. The van der Waals surface area contributed by atoms with Crippen LogP contribution in [0.4, 0.5) is 5.82 Å². The Hall–Kier alpha value is -1.88. The Labute approximate surface area is 107 Å². The number of anilines is 1. The highest BCUT2D eigenvalue weighted by Crippen LogP contribution is 2.11. The monoisotopic (exact) mass is 245 g/mol. The Bertz CT molecular complexity index is 492. The third kappa shape index (κ3) is 2.87. The molecule has 2 rings (SSSR count). The van der Waals surface area contributed by atoms with Crippen LogP contribution in [0.2, 0.25) is 0 Å². The van der Waals surface area contributed by atoms with Crippen molar-refractivity contribution in [3.05, 3.63) is 41.6 Å². The van der Waals surface area contributed by atoms with E-state index >= 15 is 0 Å². The molecular formula is C13H19N5. The van der Waals surface area contributed by atoms with Crippen LogP contribution < -0.4 is 11.1 Å². The van der Waals surface area contributed by atoms with E-state index in [0.717, 1.165) is 25.3 Å². The first-order chi connectivity index (χ1) is 8.85. The summed E-state index contributed by atoms with van der Waals surface area (Å²) in [6.07, 6.45) is 2.79. The van der Waals surface area contributed by atoms with Gasteiger partial charge in [0.1, 0.15) is 5.82 Å². The lowest BCUT2D eigenvalue weighted by Crippen LogP contribution is -2.10. The molecule has 0 aliphatic carbocycles. The van der Waals surface area contributed by atoms with Gasteiger partial charge in [0.2, 0.25) is 0 Å². The molecule has 5 nitrogen and oxygen atoms in total. The summed E-state index contributed by atoms with van der Waals surface area (Å²) in [6, 6.07) is 8.17. The fraction of sp³-hybridized carbons (Fsp3) is 0.385. The third-order valence-corrected chi connectivity index (χ3v) is 2.85. The molecule has 18 heavy (non-hydrogen) atoms. The van der Waals surface area contributed by atoms with E-state index in [4.69, 9.17) is 5.73 Å². The number of nitrogens with two attached hydrogens (primary N) is 1. The van der Waals surface area contributed by atoms with Crippen molar-refractivity contribution >= 4 is 5.82 Å². The molecule has 0 bridgehead atoms. The topological polar surface area (TPSA) is 68.8 Å². The zero-order chi connectivity index (χ0) is 12.8. The highest BCUT2D eigenvalue weighted by molar-refractivity contribution is 5.35. The van der Waals surface area contributed by atoms with Crippen molar-refractivity contribution in [3.8, 4) is 0 Å². The SMILES string of the molecule is CCCn1nncc1NCc1ccccc1CN. The van der Waals surface area contributed by atoms with Gasteiger partial charge in [-0.3, -0.25) is 0 Å². The predicted molar refractivity (Wildman–Crippen MR) is 72.0 cm³/mol. The van der Waals surface area contributed by atoms with E-state index in [0.29, 0.717) is 6.54 Å². The van der Waals surface area contributed by atoms with E-state index in [9.17, 15) is 0 Å². The molecule has 1 heterocycles. The second kappa shape index (κ2) is 6.16. The Balaban J connectivity index is 2.04. The lowest BCUT2D eigenvalue weighted by molar-refractivity contribution is 0.583. The van der Waals surface area contributed by atoms with Crippen LogP contribution in [0.25, 0.3) is 0 Å². The maximum Gasteiger partial charge on any atom is 0.145 e. The number of benzene rings is 1. The van der Waals surface area contributed by atoms with Gasteiger partial charge in [-0.1, -0.05) is 36.4 Å². The van der Waals surface area contributed by atoms with Crippen LogP contribution in [0, 0.1) is 0 Å². The first kappa shape index (κ1) is 12.6. The summed E-state index contributed by atoms with van der Waals surface area (Å²) in [5, 5.41) is 11.3. The number of nitrogens with zero attached hydrogens (tertiary/aromatic N) is 3. The van der Waals surface area contributed by atoms with Gasteiger partial charge in [0.05, 0.1) is 6.20 Å². The summed E-state index contributed by atoms with van der Waals surface area (Å²) in [4.78, 5) is 0. The number of aryl methyl sites for hydroxylation is 1. The molecule has 0 unspecified atom stereocenters. The zero-order valence-electron chi connectivity index (χ0n) is 10.6. The molecule has 96 valence electrons. The fourth-order valence-corrected chi connectivity index (χ4v) is 1.89. The first-order valence-corrected chi connectivity index (χ1v) is 6.24. The normalized spacial score (nSPS) is 10.6. The molecule has 0 saturated heterocycles. The zero-order valence-corrected chi connectivity index (χ0v) is 10.6. The van der Waals surface area contributed by atoms with Gasteiger partial charge in [0, 0.05) is 19.6 Å². The Morgan fingerprint density at radius 1 is 1.28 bits per heavy atom. The van der Waals surface area contributed by atoms with E-state index in [-0.39, 0.29) is 0 Å². The van der Waals surface area contributed by atoms with Crippen molar-refractivity contribution in [2.45, 2.75) is 33.0 Å². The number of hydrogen-bond donors (Lipinski definition) is 2. The second-order valence-corrected chi connectivity index (χ2v) is 4.17. The molecule has 1 aromatic heterocycles. The van der Waals surface area contributed by atoms with Crippen molar-refractivity contribution in [2.75, 3.05) is 5.32 Å². The molecule has 0 aliphatic heterocycles. The Morgan fingerprint density at radius 2 is 2.06 bits per heavy atom. The van der Waals surface area contributed by atoms with E-state index in [2.05, 4.69) is 34.7 Å². The smallest absolute Gasteiger partial charge is 0.145 e. The van der Waals surface area contributed by atoms with Gasteiger partial charge in [0.15, 0.2) is 0 Å². The average molecular weight is 245 g/mol. The maximum atomic E-state index is 5.72. The quantitative estimate of drug-likeness (QED) is 0.813. The van der Waals surface area contributed by atoms with Crippen molar-refractivity contribution in [1.29, 1.82) is 0 Å². The summed E-state index contributed by atoms with van der Waals surface area (Å²) in [5.74, 6) is 0.948. The van der Waals surface area contributed by atoms with E-state index in [1.165, 1.54) is 11.1 Å². The number of rotatable bonds is 6. The van der Waals surface area contributed by atoms with Crippen LogP contribution in [0.15, 0.2) is 30.5 Å². The molecule has 0 saturated carbocycles. The van der Waals surface area contributed by atoms with Gasteiger partial charge in [-0.2, -0.15) is 0 Å². The minimum Gasteiger partial charge on any atom is -0.365 e. The summed E-state index contributed by atoms with van der Waals surface area (Å²) in [7, 11) is 0. The largest absolute Gasteiger partial charge is 0.365 e. The van der Waals surface area contributed by atoms with Crippen LogP contribution in [0.5, 0.6) is 0 Å². The summed E-state index contributed by atoms with van der Waals surface area (Å²) in [5.41, 5.74) is 8.10. The van der Waals surface area contributed by atoms with E-state index in [1.54, 1.807) is 6.20 Å². The number of aromatic nitrogens is 3. The molecule has 2 aromatic rings. The van der Waals surface area contributed by atoms with Crippen LogP contribution in [-0.4, -0.2) is 15.0 Å². The Kier molecular flexibility index (Phi) is 4.30. The minimum atomic E-state index is 0.560. The Morgan fingerprint density at radius 3 is 2.78 bits per heavy atom. The summed E-state index contributed by atoms with van der Waals surface area (Å²) < 4.78 is 1.88. The third-order valence-electron chi connectivity index (χ3n) is 2.85. The maximum absolute atomic E-state index is 5.72. The van der Waals surface area contributed by atoms with Crippen LogP contribution in [0.1, 0.15) is 24.5 Å². The van der Waals surface area contributed by atoms with Gasteiger partial charge >= 0.3 is 0 Å². The van der Waals surface area contributed by atoms with Crippen LogP contribution in [-0.2, 0) is 19.6 Å². The molecular weight excluding hydrogens is 226 g/mol. The van der Waals surface area contributed by atoms with E-state index in [1.807, 2.05) is 16.8 Å². The molecule has 5 heteroatoms. The second-order valence-electron chi connectivity index (χ2n) is 4.17. The van der Waals surface area contributed by atoms with Gasteiger partial charge in [0.25, 0.3) is 0 Å². The van der Waals surface area contributed by atoms with Crippen molar-refractivity contribution in [3.63, 3.8) is 0 Å². The molecule has 0 atom stereocenters. The number of hydrogen-bond acceptors (Lipinski definition) is 4. The summed E-state index contributed by atoms with van der Waals surface area (Å²) >= 11 is 0. The first-order valence-electron chi connectivity index (χ1n) is 6.24. The van der Waals surface area contributed by atoms with Gasteiger partial charge in [-0.25, -0.2) is 4.68 Å². The van der Waals surface area contributed by atoms with Gasteiger partial charge in [-0.05, 0) is 17.5 Å². The molecule has 0 spiro atoms. The molecule has 3 N–H and O–H groups in total. The minimum absolute atomic E-state index is 0.560. The van der Waals surface area contributed by atoms with Gasteiger partial charge < -0.3 is 11.1 Å². The van der Waals surface area contributed by atoms with Crippen molar-refractivity contribution in [2.24, 2.45) is 5.73 Å². The van der Waals surface area contributed by atoms with Crippen LogP contribution in [0.3, 0.4) is 0 Å². The predicted octanol–water partition coefficient (Wildman–Crippen LogP) is 1.76. The van der Waals surface area contributed by atoms with Crippen molar-refractivity contribution in [1.82, 2.24) is 15.0 Å². The van der Waals surface area contributed by atoms with Crippen molar-refractivity contribution < 1.29 is 0 Å². The highest BCUT2D eigenvalue weighted by Gasteiger charge is 2.04. The number of nitrogens with one attached hydrogen (secondary N) is 1. The van der Waals surface area contributed by atoms with E-state index < -0.39 is 0 Å². The lowest BCUT2D eigenvalue weighted by Gasteiger charge is -2.10. The molecule has 0 aliphatic rings. The molecule has 0 radical (unpaired) electrons. The lowest BCUT2D eigenvalue weighted by atomic mass is 10.1. The molecule has 1 aromatic carbocycles. The average Bonchev–Trinajstić information content (AvgIpc) is 2.84. The molecule has 0 amide bonds. The van der Waals surface area contributed by atoms with Gasteiger partial charge in [-0.15, -0.1) is 5.10 Å².